The third-order valence-corrected chi connectivity index (χ3v) is 7.94. The molecule has 0 spiro atoms. The highest BCUT2D eigenvalue weighted by Gasteiger charge is 2.40. The van der Waals surface area contributed by atoms with E-state index in [-0.39, 0.29) is 12.1 Å². The topological polar surface area (TPSA) is 86.8 Å². The summed E-state index contributed by atoms with van der Waals surface area (Å²) in [6.07, 6.45) is 1.84. The van der Waals surface area contributed by atoms with Gasteiger partial charge < -0.3 is 25.2 Å². The maximum atomic E-state index is 13.2. The minimum absolute atomic E-state index is 0.242. The molecule has 42 heavy (non-hydrogen) atoms. The molecule has 2 heterocycles. The minimum Gasteiger partial charge on any atom is -0.438 e. The van der Waals surface area contributed by atoms with Crippen LogP contribution in [0.25, 0.3) is 10.9 Å². The predicted molar refractivity (Wildman–Crippen MR) is 167 cm³/mol. The number of hydrogen-bond acceptors (Lipinski definition) is 5. The SMILES string of the molecule is Cc1cc(NC(=O)NCCN2CCC(OC(=O)N(C)CCc3ccccc3)(c3ccccc3)CC2)c2ccccc2n1. The molecule has 1 aromatic heterocycles. The fraction of sp³-hybridized carbons (Fsp3) is 0.324. The second-order valence-electron chi connectivity index (χ2n) is 10.9. The molecule has 0 atom stereocenters. The Hall–Kier alpha value is -4.43. The number of ether oxygens (including phenoxy) is 1. The molecule has 4 aromatic rings. The number of amides is 3. The number of rotatable bonds is 9. The molecule has 1 aliphatic rings. The number of likely N-dealkylation sites (N-methyl/N-ethyl adjacent to an activating group) is 1. The molecule has 5 rings (SSSR count). The standard InChI is InChI=1S/C34H39N5O3/c1-26-25-31(29-15-9-10-16-30(29)36-26)37-32(40)35-20-24-39-22-18-34(19-23-39,28-13-7-4-8-14-28)42-33(41)38(2)21-17-27-11-5-3-6-12-27/h3-16,25H,17-24H2,1-2H3,(H2,35,36,37,40). The van der Waals surface area contributed by atoms with E-state index < -0.39 is 5.60 Å². The number of aryl methyl sites for hydroxylation is 1. The van der Waals surface area contributed by atoms with Gasteiger partial charge in [-0.05, 0) is 36.6 Å². The number of nitrogens with one attached hydrogen (secondary N) is 2. The predicted octanol–water partition coefficient (Wildman–Crippen LogP) is 5.97. The molecular weight excluding hydrogens is 526 g/mol. The molecule has 0 aliphatic carbocycles. The number of piperidine rings is 1. The van der Waals surface area contributed by atoms with Crippen LogP contribution in [0.15, 0.2) is 91.0 Å². The number of aromatic nitrogens is 1. The molecule has 3 aromatic carbocycles. The molecule has 0 bridgehead atoms. The summed E-state index contributed by atoms with van der Waals surface area (Å²) in [6.45, 7) is 5.23. The van der Waals surface area contributed by atoms with Crippen LogP contribution in [-0.2, 0) is 16.8 Å². The molecule has 0 unspecified atom stereocenters. The van der Waals surface area contributed by atoms with Crippen molar-refractivity contribution in [3.8, 4) is 0 Å². The first kappa shape index (κ1) is 29.1. The number of carbonyl (C=O) groups is 2. The zero-order chi connectivity index (χ0) is 29.4. The van der Waals surface area contributed by atoms with Crippen molar-refractivity contribution in [2.24, 2.45) is 0 Å². The monoisotopic (exact) mass is 565 g/mol. The van der Waals surface area contributed by atoms with Gasteiger partial charge in [0.2, 0.25) is 0 Å². The molecule has 1 saturated heterocycles. The van der Waals surface area contributed by atoms with Gasteiger partial charge in [-0.3, -0.25) is 4.98 Å². The van der Waals surface area contributed by atoms with E-state index in [1.54, 1.807) is 11.9 Å². The smallest absolute Gasteiger partial charge is 0.410 e. The Morgan fingerprint density at radius 3 is 2.36 bits per heavy atom. The maximum Gasteiger partial charge on any atom is 0.410 e. The molecule has 1 aliphatic heterocycles. The van der Waals surface area contributed by atoms with Crippen molar-refractivity contribution in [2.45, 2.75) is 31.8 Å². The van der Waals surface area contributed by atoms with E-state index in [0.29, 0.717) is 32.5 Å². The van der Waals surface area contributed by atoms with Gasteiger partial charge in [0, 0.05) is 63.7 Å². The first-order valence-electron chi connectivity index (χ1n) is 14.6. The van der Waals surface area contributed by atoms with Crippen LogP contribution in [0.2, 0.25) is 0 Å². The highest BCUT2D eigenvalue weighted by atomic mass is 16.6. The minimum atomic E-state index is -0.680. The lowest BCUT2D eigenvalue weighted by molar-refractivity contribution is -0.0515. The van der Waals surface area contributed by atoms with Crippen molar-refractivity contribution in [1.29, 1.82) is 0 Å². The van der Waals surface area contributed by atoms with Crippen LogP contribution in [0, 0.1) is 6.92 Å². The van der Waals surface area contributed by atoms with E-state index >= 15 is 0 Å². The third kappa shape index (κ3) is 7.25. The van der Waals surface area contributed by atoms with E-state index in [4.69, 9.17) is 4.74 Å². The number of likely N-dealkylation sites (tertiary alicyclic amines) is 1. The van der Waals surface area contributed by atoms with Crippen LogP contribution in [0.5, 0.6) is 0 Å². The number of para-hydroxylation sites is 1. The Morgan fingerprint density at radius 1 is 0.952 bits per heavy atom. The van der Waals surface area contributed by atoms with Gasteiger partial charge in [0.05, 0.1) is 11.2 Å². The van der Waals surface area contributed by atoms with Gasteiger partial charge >= 0.3 is 12.1 Å². The molecule has 2 N–H and O–H groups in total. The normalized spacial score (nSPS) is 14.7. The van der Waals surface area contributed by atoms with E-state index in [1.807, 2.05) is 85.8 Å². The van der Waals surface area contributed by atoms with Crippen LogP contribution < -0.4 is 10.6 Å². The van der Waals surface area contributed by atoms with Crippen LogP contribution in [0.1, 0.15) is 29.7 Å². The average molecular weight is 566 g/mol. The van der Waals surface area contributed by atoms with Crippen LogP contribution in [0.4, 0.5) is 15.3 Å². The zero-order valence-corrected chi connectivity index (χ0v) is 24.4. The first-order valence-corrected chi connectivity index (χ1v) is 14.6. The van der Waals surface area contributed by atoms with Crippen molar-refractivity contribution in [3.05, 3.63) is 108 Å². The lowest BCUT2D eigenvalue weighted by Crippen LogP contribution is -2.48. The van der Waals surface area contributed by atoms with Crippen LogP contribution in [-0.4, -0.2) is 66.7 Å². The summed E-state index contributed by atoms with van der Waals surface area (Å²) in [5.74, 6) is 0. The molecule has 0 radical (unpaired) electrons. The molecule has 1 fully saturated rings. The number of carbonyl (C=O) groups excluding carboxylic acids is 2. The van der Waals surface area contributed by atoms with E-state index in [1.165, 1.54) is 5.56 Å². The molecule has 218 valence electrons. The number of nitrogens with zero attached hydrogens (tertiary/aromatic N) is 3. The van der Waals surface area contributed by atoms with Gasteiger partial charge in [-0.15, -0.1) is 0 Å². The van der Waals surface area contributed by atoms with E-state index in [2.05, 4.69) is 32.7 Å². The summed E-state index contributed by atoms with van der Waals surface area (Å²) >= 11 is 0. The fourth-order valence-electron chi connectivity index (χ4n) is 5.51. The lowest BCUT2D eigenvalue weighted by atomic mass is 9.84. The Kier molecular flexibility index (Phi) is 9.34. The van der Waals surface area contributed by atoms with E-state index in [0.717, 1.165) is 47.4 Å². The van der Waals surface area contributed by atoms with Crippen molar-refractivity contribution in [3.63, 3.8) is 0 Å². The second-order valence-corrected chi connectivity index (χ2v) is 10.9. The number of pyridine rings is 1. The molecule has 8 nitrogen and oxygen atoms in total. The van der Waals surface area contributed by atoms with E-state index in [9.17, 15) is 9.59 Å². The molecule has 0 saturated carbocycles. The van der Waals surface area contributed by atoms with Crippen LogP contribution in [0.3, 0.4) is 0 Å². The van der Waals surface area contributed by atoms with Crippen LogP contribution >= 0.6 is 0 Å². The number of urea groups is 1. The summed E-state index contributed by atoms with van der Waals surface area (Å²) in [5.41, 5.74) is 3.98. The Bertz CT molecular complexity index is 1490. The van der Waals surface area contributed by atoms with Gasteiger partial charge in [-0.2, -0.15) is 0 Å². The third-order valence-electron chi connectivity index (χ3n) is 7.94. The summed E-state index contributed by atoms with van der Waals surface area (Å²) in [7, 11) is 1.80. The molecular formula is C34H39N5O3. The number of anilines is 1. The van der Waals surface area contributed by atoms with Crippen molar-refractivity contribution in [1.82, 2.24) is 20.1 Å². The Morgan fingerprint density at radius 2 is 1.62 bits per heavy atom. The summed E-state index contributed by atoms with van der Waals surface area (Å²) in [4.78, 5) is 34.4. The average Bonchev–Trinajstić information content (AvgIpc) is 3.01. The number of fused-ring (bicyclic) bond motifs is 1. The highest BCUT2D eigenvalue weighted by Crippen LogP contribution is 2.37. The van der Waals surface area contributed by atoms with Gasteiger partial charge in [-0.1, -0.05) is 78.9 Å². The molecule has 3 amide bonds. The largest absolute Gasteiger partial charge is 0.438 e. The van der Waals surface area contributed by atoms with Crippen molar-refractivity contribution < 1.29 is 14.3 Å². The van der Waals surface area contributed by atoms with Crippen molar-refractivity contribution in [2.75, 3.05) is 45.1 Å². The van der Waals surface area contributed by atoms with Gasteiger partial charge in [0.15, 0.2) is 0 Å². The summed E-state index contributed by atoms with van der Waals surface area (Å²) in [6, 6.07) is 29.6. The fourth-order valence-corrected chi connectivity index (χ4v) is 5.51. The van der Waals surface area contributed by atoms with Gasteiger partial charge in [-0.25, -0.2) is 9.59 Å². The first-order chi connectivity index (χ1) is 20.4. The Labute approximate surface area is 247 Å². The number of benzene rings is 3. The Balaban J connectivity index is 1.14. The van der Waals surface area contributed by atoms with Gasteiger partial charge in [0.1, 0.15) is 5.60 Å². The quantitative estimate of drug-likeness (QED) is 0.261. The summed E-state index contributed by atoms with van der Waals surface area (Å²) in [5, 5.41) is 6.87. The molecule has 8 heteroatoms. The lowest BCUT2D eigenvalue weighted by Gasteiger charge is -2.42. The van der Waals surface area contributed by atoms with Gasteiger partial charge in [0.25, 0.3) is 0 Å². The second kappa shape index (κ2) is 13.5. The maximum absolute atomic E-state index is 13.2. The summed E-state index contributed by atoms with van der Waals surface area (Å²) < 4.78 is 6.29. The number of hydrogen-bond donors (Lipinski definition) is 2. The zero-order valence-electron chi connectivity index (χ0n) is 24.4. The highest BCUT2D eigenvalue weighted by molar-refractivity contribution is 6.00. The van der Waals surface area contributed by atoms with Crippen molar-refractivity contribution >= 4 is 28.7 Å².